The van der Waals surface area contributed by atoms with E-state index in [1.54, 1.807) is 10.6 Å². The van der Waals surface area contributed by atoms with Crippen LogP contribution in [0.15, 0.2) is 16.9 Å². The van der Waals surface area contributed by atoms with Crippen molar-refractivity contribution < 1.29 is 0 Å². The van der Waals surface area contributed by atoms with Crippen molar-refractivity contribution >= 4 is 5.65 Å². The average Bonchev–Trinajstić information content (AvgIpc) is 2.58. The van der Waals surface area contributed by atoms with Crippen molar-refractivity contribution in [3.05, 3.63) is 33.9 Å². The lowest BCUT2D eigenvalue weighted by Crippen LogP contribution is -2.18. The average molecular weight is 245 g/mol. The van der Waals surface area contributed by atoms with Crippen LogP contribution >= 0.6 is 0 Å². The molecule has 0 aromatic carbocycles. The van der Waals surface area contributed by atoms with Crippen LogP contribution in [0.3, 0.4) is 0 Å². The number of nitrogens with zero attached hydrogens (tertiary/aromatic N) is 2. The number of pyridine rings is 1. The Morgan fingerprint density at radius 1 is 1.33 bits per heavy atom. The van der Waals surface area contributed by atoms with E-state index in [1.165, 1.54) is 19.3 Å². The summed E-state index contributed by atoms with van der Waals surface area (Å²) >= 11 is 0. The molecule has 0 atom stereocenters. The summed E-state index contributed by atoms with van der Waals surface area (Å²) in [7, 11) is 0. The molecule has 0 saturated heterocycles. The van der Waals surface area contributed by atoms with Gasteiger partial charge in [0.15, 0.2) is 5.65 Å². The minimum absolute atomic E-state index is 0.00241. The van der Waals surface area contributed by atoms with Crippen LogP contribution in [0, 0.1) is 0 Å². The fraction of sp³-hybridized carbons (Fsp3) is 0.571. The van der Waals surface area contributed by atoms with Gasteiger partial charge in [-0.05, 0) is 30.4 Å². The highest BCUT2D eigenvalue weighted by atomic mass is 16.1. The predicted octanol–water partition coefficient (Wildman–Crippen LogP) is 2.59. The molecule has 1 aliphatic rings. The smallest absolute Gasteiger partial charge is 0.271 e. The molecule has 2 aromatic heterocycles. The van der Waals surface area contributed by atoms with Crippen LogP contribution in [0.5, 0.6) is 0 Å². The number of nitrogens with one attached hydrogen (secondary N) is 1. The summed E-state index contributed by atoms with van der Waals surface area (Å²) in [4.78, 5) is 16.6. The maximum Gasteiger partial charge on any atom is 0.271 e. The third kappa shape index (κ3) is 1.76. The Morgan fingerprint density at radius 2 is 2.06 bits per heavy atom. The lowest BCUT2D eigenvalue weighted by Gasteiger charge is -2.25. The molecule has 3 rings (SSSR count). The first-order valence-corrected chi connectivity index (χ1v) is 6.58. The van der Waals surface area contributed by atoms with Gasteiger partial charge in [-0.1, -0.05) is 27.2 Å². The van der Waals surface area contributed by atoms with Crippen LogP contribution in [-0.2, 0) is 5.41 Å². The van der Waals surface area contributed by atoms with Crippen LogP contribution in [0.25, 0.3) is 5.65 Å². The van der Waals surface area contributed by atoms with Gasteiger partial charge < -0.3 is 0 Å². The van der Waals surface area contributed by atoms with Crippen molar-refractivity contribution in [3.8, 4) is 0 Å². The van der Waals surface area contributed by atoms with Crippen LogP contribution in [0.4, 0.5) is 0 Å². The maximum atomic E-state index is 12.1. The molecule has 0 radical (unpaired) electrons. The standard InChI is InChI=1S/C14H19N3O/c1-14(2,3)13-15-11-7-10(9-5-4-6-9)8-12(18)17(11)16-13/h7-9H,4-6H2,1-3H3,(H,15,16). The van der Waals surface area contributed by atoms with Crippen LogP contribution in [0.1, 0.15) is 57.3 Å². The third-order valence-electron chi connectivity index (χ3n) is 3.77. The number of hydrogen-bond donors (Lipinski definition) is 1. The molecule has 0 amide bonds. The van der Waals surface area contributed by atoms with Gasteiger partial charge in [-0.3, -0.25) is 9.89 Å². The van der Waals surface area contributed by atoms with E-state index < -0.39 is 0 Å². The van der Waals surface area contributed by atoms with Gasteiger partial charge in [0.2, 0.25) is 0 Å². The molecule has 0 unspecified atom stereocenters. The predicted molar refractivity (Wildman–Crippen MR) is 71.1 cm³/mol. The van der Waals surface area contributed by atoms with E-state index in [9.17, 15) is 4.79 Å². The zero-order valence-electron chi connectivity index (χ0n) is 11.2. The van der Waals surface area contributed by atoms with E-state index in [2.05, 4.69) is 36.9 Å². The van der Waals surface area contributed by atoms with Gasteiger partial charge >= 0.3 is 0 Å². The Balaban J connectivity index is 2.15. The molecule has 4 nitrogen and oxygen atoms in total. The molecule has 1 aliphatic carbocycles. The second-order valence-electron chi connectivity index (χ2n) is 6.27. The molecule has 18 heavy (non-hydrogen) atoms. The molecule has 1 saturated carbocycles. The maximum absolute atomic E-state index is 12.1. The van der Waals surface area contributed by atoms with Gasteiger partial charge in [-0.25, -0.2) is 9.50 Å². The summed E-state index contributed by atoms with van der Waals surface area (Å²) in [6.45, 7) is 6.26. The van der Waals surface area contributed by atoms with Gasteiger partial charge in [0.25, 0.3) is 5.56 Å². The first-order chi connectivity index (χ1) is 8.45. The van der Waals surface area contributed by atoms with Gasteiger partial charge in [0, 0.05) is 11.5 Å². The van der Waals surface area contributed by atoms with Gasteiger partial charge in [-0.15, -0.1) is 0 Å². The van der Waals surface area contributed by atoms with Crippen molar-refractivity contribution in [1.82, 2.24) is 14.6 Å². The van der Waals surface area contributed by atoms with E-state index in [0.717, 1.165) is 17.0 Å². The SMILES string of the molecule is CC(C)(C)c1nc2cc(C3CCC3)cc(=O)n2[nH]1. The Labute approximate surface area is 106 Å². The minimum atomic E-state index is -0.0743. The fourth-order valence-electron chi connectivity index (χ4n) is 2.33. The summed E-state index contributed by atoms with van der Waals surface area (Å²) in [5, 5.41) is 3.10. The van der Waals surface area contributed by atoms with Crippen molar-refractivity contribution in [2.24, 2.45) is 0 Å². The Kier molecular flexibility index (Phi) is 2.37. The number of rotatable bonds is 1. The zero-order valence-corrected chi connectivity index (χ0v) is 11.2. The highest BCUT2D eigenvalue weighted by Gasteiger charge is 2.23. The Bertz CT molecular complexity index is 641. The lowest BCUT2D eigenvalue weighted by molar-refractivity contribution is 0.419. The Morgan fingerprint density at radius 3 is 2.61 bits per heavy atom. The van der Waals surface area contributed by atoms with Gasteiger partial charge in [-0.2, -0.15) is 0 Å². The topological polar surface area (TPSA) is 50.2 Å². The van der Waals surface area contributed by atoms with E-state index in [1.807, 2.05) is 0 Å². The number of fused-ring (bicyclic) bond motifs is 1. The molecule has 2 aromatic rings. The zero-order chi connectivity index (χ0) is 12.9. The summed E-state index contributed by atoms with van der Waals surface area (Å²) in [5.74, 6) is 1.42. The van der Waals surface area contributed by atoms with Crippen molar-refractivity contribution in [3.63, 3.8) is 0 Å². The highest BCUT2D eigenvalue weighted by Crippen LogP contribution is 2.36. The Hall–Kier alpha value is -1.58. The van der Waals surface area contributed by atoms with Gasteiger partial charge in [0.05, 0.1) is 0 Å². The van der Waals surface area contributed by atoms with Gasteiger partial charge in [0.1, 0.15) is 5.82 Å². The molecule has 0 aliphatic heterocycles. The normalized spacial score (nSPS) is 17.1. The fourth-order valence-corrected chi connectivity index (χ4v) is 2.33. The second-order valence-corrected chi connectivity index (χ2v) is 6.27. The van der Waals surface area contributed by atoms with Crippen LogP contribution in [-0.4, -0.2) is 14.6 Å². The van der Waals surface area contributed by atoms with Crippen molar-refractivity contribution in [1.29, 1.82) is 0 Å². The first-order valence-electron chi connectivity index (χ1n) is 6.58. The van der Waals surface area contributed by atoms with E-state index in [4.69, 9.17) is 0 Å². The second kappa shape index (κ2) is 3.70. The van der Waals surface area contributed by atoms with Crippen molar-refractivity contribution in [2.75, 3.05) is 0 Å². The third-order valence-corrected chi connectivity index (χ3v) is 3.77. The summed E-state index contributed by atoms with van der Waals surface area (Å²) in [5.41, 5.74) is 1.82. The molecule has 0 spiro atoms. The summed E-state index contributed by atoms with van der Waals surface area (Å²) < 4.78 is 1.54. The highest BCUT2D eigenvalue weighted by molar-refractivity contribution is 5.42. The molecule has 0 bridgehead atoms. The largest absolute Gasteiger partial charge is 0.276 e. The molecular weight excluding hydrogens is 226 g/mol. The number of H-pyrrole nitrogens is 1. The molecule has 4 heteroatoms. The lowest BCUT2D eigenvalue weighted by atomic mass is 9.80. The summed E-state index contributed by atoms with van der Waals surface area (Å²) in [6.07, 6.45) is 3.68. The quantitative estimate of drug-likeness (QED) is 0.839. The monoisotopic (exact) mass is 245 g/mol. The molecule has 1 fully saturated rings. The van der Waals surface area contributed by atoms with E-state index in [0.29, 0.717) is 5.92 Å². The molecular formula is C14H19N3O. The van der Waals surface area contributed by atoms with E-state index in [-0.39, 0.29) is 11.0 Å². The minimum Gasteiger partial charge on any atom is -0.276 e. The summed E-state index contributed by atoms with van der Waals surface area (Å²) in [6, 6.07) is 3.80. The van der Waals surface area contributed by atoms with E-state index >= 15 is 0 Å². The first kappa shape index (κ1) is 11.5. The molecule has 96 valence electrons. The number of aromatic nitrogens is 3. The van der Waals surface area contributed by atoms with Crippen LogP contribution < -0.4 is 5.56 Å². The van der Waals surface area contributed by atoms with Crippen LogP contribution in [0.2, 0.25) is 0 Å². The molecule has 1 N–H and O–H groups in total. The number of aromatic amines is 1. The van der Waals surface area contributed by atoms with Crippen molar-refractivity contribution in [2.45, 2.75) is 51.4 Å². The number of hydrogen-bond acceptors (Lipinski definition) is 2. The molecule has 2 heterocycles.